The molecule has 0 saturated heterocycles. The standard InChI is InChI=1S/C15H20N2O2/c1-3-13(10-18)16-9-12-8-11-6-4-5-7-14(11)17(2)15(12)19/h4-8,13,16,18H,3,9-10H2,1-2H3/t13-/m0/s1. The van der Waals surface area contributed by atoms with E-state index >= 15 is 0 Å². The topological polar surface area (TPSA) is 54.3 Å². The molecule has 0 unspecified atom stereocenters. The van der Waals surface area contributed by atoms with Gasteiger partial charge in [0.1, 0.15) is 0 Å². The molecule has 0 saturated carbocycles. The summed E-state index contributed by atoms with van der Waals surface area (Å²) in [5, 5.41) is 13.4. The molecule has 0 aliphatic rings. The van der Waals surface area contributed by atoms with E-state index in [9.17, 15) is 4.79 Å². The second-order valence-electron chi connectivity index (χ2n) is 4.76. The van der Waals surface area contributed by atoms with E-state index in [1.165, 1.54) is 0 Å². The molecule has 102 valence electrons. The van der Waals surface area contributed by atoms with Gasteiger partial charge in [0.05, 0.1) is 12.1 Å². The first-order chi connectivity index (χ1) is 9.17. The molecule has 2 N–H and O–H groups in total. The van der Waals surface area contributed by atoms with Crippen LogP contribution >= 0.6 is 0 Å². The molecule has 0 fully saturated rings. The van der Waals surface area contributed by atoms with Gasteiger partial charge in [-0.05, 0) is 23.9 Å². The minimum atomic E-state index is 0.0130. The normalized spacial score (nSPS) is 12.8. The van der Waals surface area contributed by atoms with Gasteiger partial charge in [-0.2, -0.15) is 0 Å². The lowest BCUT2D eigenvalue weighted by atomic mass is 10.1. The number of nitrogens with one attached hydrogen (secondary N) is 1. The Labute approximate surface area is 112 Å². The molecule has 1 aromatic heterocycles. The minimum Gasteiger partial charge on any atom is -0.395 e. The summed E-state index contributed by atoms with van der Waals surface area (Å²) in [5.41, 5.74) is 1.68. The van der Waals surface area contributed by atoms with E-state index < -0.39 is 0 Å². The second kappa shape index (κ2) is 5.99. The molecule has 2 aromatic rings. The first-order valence-electron chi connectivity index (χ1n) is 6.59. The number of para-hydroxylation sites is 1. The van der Waals surface area contributed by atoms with E-state index in [0.29, 0.717) is 6.54 Å². The third kappa shape index (κ3) is 2.85. The zero-order valence-corrected chi connectivity index (χ0v) is 11.4. The van der Waals surface area contributed by atoms with Crippen LogP contribution in [0.3, 0.4) is 0 Å². The van der Waals surface area contributed by atoms with Crippen LogP contribution < -0.4 is 10.9 Å². The van der Waals surface area contributed by atoms with Crippen molar-refractivity contribution in [3.05, 3.63) is 46.2 Å². The van der Waals surface area contributed by atoms with Crippen molar-refractivity contribution in [3.63, 3.8) is 0 Å². The molecule has 19 heavy (non-hydrogen) atoms. The maximum atomic E-state index is 12.2. The Morgan fingerprint density at radius 3 is 2.79 bits per heavy atom. The van der Waals surface area contributed by atoms with Crippen molar-refractivity contribution < 1.29 is 5.11 Å². The molecular weight excluding hydrogens is 240 g/mol. The Balaban J connectivity index is 2.33. The second-order valence-corrected chi connectivity index (χ2v) is 4.76. The molecule has 4 heteroatoms. The Morgan fingerprint density at radius 1 is 1.37 bits per heavy atom. The maximum absolute atomic E-state index is 12.2. The van der Waals surface area contributed by atoms with Crippen molar-refractivity contribution in [2.24, 2.45) is 7.05 Å². The molecule has 1 heterocycles. The summed E-state index contributed by atoms with van der Waals surface area (Å²) in [4.78, 5) is 12.2. The fourth-order valence-corrected chi connectivity index (χ4v) is 2.21. The summed E-state index contributed by atoms with van der Waals surface area (Å²) in [7, 11) is 1.79. The Kier molecular flexibility index (Phi) is 4.35. The van der Waals surface area contributed by atoms with Gasteiger partial charge in [0.2, 0.25) is 0 Å². The van der Waals surface area contributed by atoms with Gasteiger partial charge in [-0.25, -0.2) is 0 Å². The summed E-state index contributed by atoms with van der Waals surface area (Å²) < 4.78 is 1.67. The third-order valence-corrected chi connectivity index (χ3v) is 3.50. The average Bonchev–Trinajstić information content (AvgIpc) is 2.45. The van der Waals surface area contributed by atoms with Gasteiger partial charge in [-0.15, -0.1) is 0 Å². The highest BCUT2D eigenvalue weighted by molar-refractivity contribution is 5.79. The van der Waals surface area contributed by atoms with Crippen LogP contribution in [0.4, 0.5) is 0 Å². The number of hydrogen-bond acceptors (Lipinski definition) is 3. The predicted octanol–water partition coefficient (Wildman–Crippen LogP) is 1.40. The van der Waals surface area contributed by atoms with Crippen molar-refractivity contribution in [1.82, 2.24) is 9.88 Å². The van der Waals surface area contributed by atoms with Gasteiger partial charge in [0.15, 0.2) is 0 Å². The number of nitrogens with zero attached hydrogens (tertiary/aromatic N) is 1. The van der Waals surface area contributed by atoms with Gasteiger partial charge < -0.3 is 15.0 Å². The highest BCUT2D eigenvalue weighted by atomic mass is 16.3. The number of aliphatic hydroxyl groups excluding tert-OH is 1. The molecule has 4 nitrogen and oxygen atoms in total. The Morgan fingerprint density at radius 2 is 2.11 bits per heavy atom. The first-order valence-corrected chi connectivity index (χ1v) is 6.59. The molecule has 0 amide bonds. The van der Waals surface area contributed by atoms with E-state index in [1.807, 2.05) is 37.3 Å². The molecule has 0 radical (unpaired) electrons. The quantitative estimate of drug-likeness (QED) is 0.854. The van der Waals surface area contributed by atoms with Crippen molar-refractivity contribution >= 4 is 10.9 Å². The predicted molar refractivity (Wildman–Crippen MR) is 77.2 cm³/mol. The highest BCUT2D eigenvalue weighted by Gasteiger charge is 2.08. The van der Waals surface area contributed by atoms with E-state index in [2.05, 4.69) is 5.32 Å². The van der Waals surface area contributed by atoms with Crippen LogP contribution in [0.15, 0.2) is 35.1 Å². The summed E-state index contributed by atoms with van der Waals surface area (Å²) in [5.74, 6) is 0. The van der Waals surface area contributed by atoms with Gasteiger partial charge in [-0.3, -0.25) is 4.79 Å². The van der Waals surface area contributed by atoms with Crippen LogP contribution in [0.1, 0.15) is 18.9 Å². The van der Waals surface area contributed by atoms with Crippen LogP contribution in [-0.2, 0) is 13.6 Å². The lowest BCUT2D eigenvalue weighted by Gasteiger charge is -2.14. The lowest BCUT2D eigenvalue weighted by Crippen LogP contribution is -2.34. The lowest BCUT2D eigenvalue weighted by molar-refractivity contribution is 0.238. The zero-order valence-electron chi connectivity index (χ0n) is 11.4. The molecule has 0 spiro atoms. The molecule has 0 aliphatic carbocycles. The number of rotatable bonds is 5. The molecule has 1 atom stereocenters. The summed E-state index contributed by atoms with van der Waals surface area (Å²) >= 11 is 0. The highest BCUT2D eigenvalue weighted by Crippen LogP contribution is 2.12. The van der Waals surface area contributed by atoms with Crippen molar-refractivity contribution in [2.75, 3.05) is 6.61 Å². The summed E-state index contributed by atoms with van der Waals surface area (Å²) in [6.45, 7) is 2.58. The van der Waals surface area contributed by atoms with E-state index in [1.54, 1.807) is 11.6 Å². The molecule has 0 aliphatic heterocycles. The fraction of sp³-hybridized carbons (Fsp3) is 0.400. The van der Waals surface area contributed by atoms with Gasteiger partial charge in [0, 0.05) is 25.2 Å². The van der Waals surface area contributed by atoms with Crippen LogP contribution in [0, 0.1) is 0 Å². The van der Waals surface area contributed by atoms with Crippen LogP contribution in [0.25, 0.3) is 10.9 Å². The number of aryl methyl sites for hydroxylation is 1. The van der Waals surface area contributed by atoms with Gasteiger partial charge in [0.25, 0.3) is 5.56 Å². The van der Waals surface area contributed by atoms with Crippen LogP contribution in [0.5, 0.6) is 0 Å². The van der Waals surface area contributed by atoms with Crippen molar-refractivity contribution in [2.45, 2.75) is 25.9 Å². The van der Waals surface area contributed by atoms with E-state index in [0.717, 1.165) is 22.9 Å². The first kappa shape index (κ1) is 13.8. The maximum Gasteiger partial charge on any atom is 0.255 e. The Hall–Kier alpha value is -1.65. The molecule has 2 rings (SSSR count). The summed E-state index contributed by atoms with van der Waals surface area (Å²) in [6, 6.07) is 9.80. The average molecular weight is 260 g/mol. The number of benzene rings is 1. The number of aromatic nitrogens is 1. The minimum absolute atomic E-state index is 0.0130. The number of aliphatic hydroxyl groups is 1. The zero-order chi connectivity index (χ0) is 13.8. The molecular formula is C15H20N2O2. The van der Waals surface area contributed by atoms with E-state index in [-0.39, 0.29) is 18.2 Å². The third-order valence-electron chi connectivity index (χ3n) is 3.50. The van der Waals surface area contributed by atoms with E-state index in [4.69, 9.17) is 5.11 Å². The van der Waals surface area contributed by atoms with Crippen LogP contribution in [-0.4, -0.2) is 22.3 Å². The van der Waals surface area contributed by atoms with Gasteiger partial charge in [-0.1, -0.05) is 25.1 Å². The monoisotopic (exact) mass is 260 g/mol. The van der Waals surface area contributed by atoms with Crippen molar-refractivity contribution in [3.8, 4) is 0 Å². The number of hydrogen-bond donors (Lipinski definition) is 2. The fourth-order valence-electron chi connectivity index (χ4n) is 2.21. The van der Waals surface area contributed by atoms with Crippen molar-refractivity contribution in [1.29, 1.82) is 0 Å². The summed E-state index contributed by atoms with van der Waals surface area (Å²) in [6.07, 6.45) is 0.838. The van der Waals surface area contributed by atoms with Gasteiger partial charge >= 0.3 is 0 Å². The largest absolute Gasteiger partial charge is 0.395 e. The molecule has 0 bridgehead atoms. The molecule has 1 aromatic carbocycles. The number of fused-ring (bicyclic) bond motifs is 1. The van der Waals surface area contributed by atoms with Crippen LogP contribution in [0.2, 0.25) is 0 Å². The smallest absolute Gasteiger partial charge is 0.255 e. The Bertz CT molecular complexity index is 615. The SMILES string of the molecule is CC[C@@H](CO)NCc1cc2ccccc2n(C)c1=O. The number of pyridine rings is 1.